The van der Waals surface area contributed by atoms with Gasteiger partial charge in [0.1, 0.15) is 6.54 Å². The molecule has 0 bridgehead atoms. The molecule has 19 heavy (non-hydrogen) atoms. The second-order valence-electron chi connectivity index (χ2n) is 5.21. The van der Waals surface area contributed by atoms with E-state index in [0.29, 0.717) is 0 Å². The number of rotatable bonds is 7. The topological polar surface area (TPSA) is 86.7 Å². The molecule has 0 aromatic rings. The lowest BCUT2D eigenvalue weighted by atomic mass is 9.96. The monoisotopic (exact) mass is 270 g/mol. The highest BCUT2D eigenvalue weighted by Gasteiger charge is 2.21. The lowest BCUT2D eigenvalue weighted by molar-refractivity contribution is -0.144. The van der Waals surface area contributed by atoms with Gasteiger partial charge in [-0.3, -0.25) is 14.4 Å². The van der Waals surface area contributed by atoms with Crippen molar-refractivity contribution < 1.29 is 19.5 Å². The molecule has 2 amide bonds. The van der Waals surface area contributed by atoms with Gasteiger partial charge in [-0.2, -0.15) is 0 Å². The maximum atomic E-state index is 11.8. The molecule has 6 nitrogen and oxygen atoms in total. The first-order chi connectivity index (χ1) is 8.68. The first-order valence-electron chi connectivity index (χ1n) is 6.07. The summed E-state index contributed by atoms with van der Waals surface area (Å²) in [4.78, 5) is 35.1. The smallest absolute Gasteiger partial charge is 0.323 e. The van der Waals surface area contributed by atoms with Gasteiger partial charge in [-0.25, -0.2) is 0 Å². The number of carbonyl (C=O) groups is 3. The molecule has 108 valence electrons. The Bertz CT molecular complexity index is 358. The third-order valence-corrected chi connectivity index (χ3v) is 2.33. The van der Waals surface area contributed by atoms with Crippen LogP contribution in [0, 0.1) is 5.41 Å². The highest BCUT2D eigenvalue weighted by Crippen LogP contribution is 2.12. The van der Waals surface area contributed by atoms with Crippen molar-refractivity contribution in [1.82, 2.24) is 10.2 Å². The maximum absolute atomic E-state index is 11.8. The summed E-state index contributed by atoms with van der Waals surface area (Å²) in [5.41, 5.74) is -0.509. The normalized spacial score (nSPS) is 10.7. The highest BCUT2D eigenvalue weighted by atomic mass is 16.4. The van der Waals surface area contributed by atoms with E-state index in [1.165, 1.54) is 11.0 Å². The summed E-state index contributed by atoms with van der Waals surface area (Å²) in [6.07, 6.45) is 1.54. The van der Waals surface area contributed by atoms with Crippen molar-refractivity contribution in [3.8, 4) is 0 Å². The summed E-state index contributed by atoms with van der Waals surface area (Å²) >= 11 is 0. The minimum Gasteiger partial charge on any atom is -0.480 e. The van der Waals surface area contributed by atoms with Gasteiger partial charge in [-0.05, 0) is 0 Å². The van der Waals surface area contributed by atoms with Crippen LogP contribution < -0.4 is 5.32 Å². The predicted molar refractivity (Wildman–Crippen MR) is 71.5 cm³/mol. The Morgan fingerprint density at radius 2 is 1.89 bits per heavy atom. The molecule has 0 aliphatic carbocycles. The van der Waals surface area contributed by atoms with Crippen LogP contribution in [-0.2, 0) is 14.4 Å². The van der Waals surface area contributed by atoms with Crippen LogP contribution >= 0.6 is 0 Å². The number of amides is 2. The fourth-order valence-corrected chi connectivity index (χ4v) is 1.28. The molecule has 0 rings (SSSR count). The molecule has 0 spiro atoms. The minimum absolute atomic E-state index is 0.0724. The van der Waals surface area contributed by atoms with Crippen LogP contribution in [-0.4, -0.2) is 47.4 Å². The summed E-state index contributed by atoms with van der Waals surface area (Å²) in [6, 6.07) is 0. The van der Waals surface area contributed by atoms with Crippen molar-refractivity contribution in [3.05, 3.63) is 12.7 Å². The Hall–Kier alpha value is -1.85. The average Bonchev–Trinajstić information content (AvgIpc) is 2.26. The first-order valence-corrected chi connectivity index (χ1v) is 6.07. The zero-order valence-corrected chi connectivity index (χ0v) is 11.7. The van der Waals surface area contributed by atoms with Crippen LogP contribution in [0.5, 0.6) is 0 Å². The summed E-state index contributed by atoms with van der Waals surface area (Å²) in [7, 11) is 0. The second kappa shape index (κ2) is 7.56. The molecular formula is C13H22N2O4. The third kappa shape index (κ3) is 7.23. The van der Waals surface area contributed by atoms with E-state index in [4.69, 9.17) is 5.11 Å². The molecule has 0 atom stereocenters. The van der Waals surface area contributed by atoms with Crippen molar-refractivity contribution in [3.63, 3.8) is 0 Å². The average molecular weight is 270 g/mol. The van der Waals surface area contributed by atoms with Crippen LogP contribution in [0.4, 0.5) is 0 Å². The Kier molecular flexibility index (Phi) is 6.82. The lowest BCUT2D eigenvalue weighted by Crippen LogP contribution is -2.40. The van der Waals surface area contributed by atoms with Crippen LogP contribution in [0.2, 0.25) is 0 Å². The Morgan fingerprint density at radius 3 is 2.32 bits per heavy atom. The van der Waals surface area contributed by atoms with Crippen LogP contribution in [0.3, 0.4) is 0 Å². The molecule has 0 unspecified atom stereocenters. The number of carboxylic acid groups (broad SMARTS) is 1. The fraction of sp³-hybridized carbons (Fsp3) is 0.615. The highest BCUT2D eigenvalue weighted by molar-refractivity contribution is 5.83. The number of nitrogens with zero attached hydrogens (tertiary/aromatic N) is 1. The van der Waals surface area contributed by atoms with Gasteiger partial charge in [-0.15, -0.1) is 6.58 Å². The number of hydrogen-bond donors (Lipinski definition) is 2. The minimum atomic E-state index is -1.08. The van der Waals surface area contributed by atoms with Crippen LogP contribution in [0.15, 0.2) is 12.7 Å². The number of hydrogen-bond acceptors (Lipinski definition) is 3. The van der Waals surface area contributed by atoms with Crippen molar-refractivity contribution in [1.29, 1.82) is 0 Å². The SMILES string of the molecule is C=CCN(CC(=O)O)C(=O)CCNC(=O)C(C)(C)C. The summed E-state index contributed by atoms with van der Waals surface area (Å²) in [5.74, 6) is -1.54. The molecule has 0 saturated heterocycles. The van der Waals surface area contributed by atoms with Crippen molar-refractivity contribution >= 4 is 17.8 Å². The van der Waals surface area contributed by atoms with E-state index < -0.39 is 11.4 Å². The van der Waals surface area contributed by atoms with Gasteiger partial charge in [0.25, 0.3) is 0 Å². The fourth-order valence-electron chi connectivity index (χ4n) is 1.28. The molecule has 6 heteroatoms. The molecule has 0 aliphatic rings. The van der Waals surface area contributed by atoms with Gasteiger partial charge in [0.2, 0.25) is 11.8 Å². The Balaban J connectivity index is 4.23. The molecule has 0 aliphatic heterocycles. The van der Waals surface area contributed by atoms with E-state index in [1.807, 2.05) is 0 Å². The molecular weight excluding hydrogens is 248 g/mol. The first kappa shape index (κ1) is 17.2. The Labute approximate surface area is 113 Å². The quantitative estimate of drug-likeness (QED) is 0.665. The molecule has 2 N–H and O–H groups in total. The van der Waals surface area contributed by atoms with E-state index in [0.717, 1.165) is 0 Å². The number of carboxylic acids is 1. The molecule has 0 aromatic carbocycles. The molecule has 0 saturated carbocycles. The summed E-state index contributed by atoms with van der Waals surface area (Å²) < 4.78 is 0. The number of nitrogens with one attached hydrogen (secondary N) is 1. The van der Waals surface area contributed by atoms with Gasteiger partial charge in [0.15, 0.2) is 0 Å². The van der Waals surface area contributed by atoms with Crippen LogP contribution in [0.25, 0.3) is 0 Å². The van der Waals surface area contributed by atoms with Gasteiger partial charge >= 0.3 is 5.97 Å². The lowest BCUT2D eigenvalue weighted by Gasteiger charge is -2.20. The zero-order valence-electron chi connectivity index (χ0n) is 11.7. The Morgan fingerprint density at radius 1 is 1.32 bits per heavy atom. The van der Waals surface area contributed by atoms with Gasteiger partial charge in [0, 0.05) is 24.9 Å². The van der Waals surface area contributed by atoms with E-state index in [1.54, 1.807) is 20.8 Å². The van der Waals surface area contributed by atoms with E-state index in [-0.39, 0.29) is 37.9 Å². The number of aliphatic carboxylic acids is 1. The van der Waals surface area contributed by atoms with E-state index >= 15 is 0 Å². The largest absolute Gasteiger partial charge is 0.480 e. The van der Waals surface area contributed by atoms with Crippen LogP contribution in [0.1, 0.15) is 27.2 Å². The standard InChI is InChI=1S/C13H22N2O4/c1-5-8-15(9-11(17)18)10(16)6-7-14-12(19)13(2,3)4/h5H,1,6-9H2,2-4H3,(H,14,19)(H,17,18). The zero-order chi connectivity index (χ0) is 15.1. The van der Waals surface area contributed by atoms with Gasteiger partial charge in [0.05, 0.1) is 0 Å². The molecule has 0 aromatic heterocycles. The molecule has 0 heterocycles. The number of carbonyl (C=O) groups excluding carboxylic acids is 2. The molecule has 0 radical (unpaired) electrons. The van der Waals surface area contributed by atoms with Gasteiger partial charge < -0.3 is 15.3 Å². The van der Waals surface area contributed by atoms with Crippen molar-refractivity contribution in [2.45, 2.75) is 27.2 Å². The predicted octanol–water partition coefficient (Wildman–Crippen LogP) is 0.638. The summed E-state index contributed by atoms with van der Waals surface area (Å²) in [5, 5.41) is 11.3. The molecule has 0 fully saturated rings. The van der Waals surface area contributed by atoms with Gasteiger partial charge in [-0.1, -0.05) is 26.8 Å². The van der Waals surface area contributed by atoms with E-state index in [2.05, 4.69) is 11.9 Å². The maximum Gasteiger partial charge on any atom is 0.323 e. The van der Waals surface area contributed by atoms with Crippen molar-refractivity contribution in [2.24, 2.45) is 5.41 Å². The van der Waals surface area contributed by atoms with Crippen molar-refractivity contribution in [2.75, 3.05) is 19.6 Å². The second-order valence-corrected chi connectivity index (χ2v) is 5.21. The summed E-state index contributed by atoms with van der Waals surface area (Å²) in [6.45, 7) is 8.82. The van der Waals surface area contributed by atoms with E-state index in [9.17, 15) is 14.4 Å². The third-order valence-electron chi connectivity index (χ3n) is 2.33.